The van der Waals surface area contributed by atoms with Crippen LogP contribution >= 0.6 is 23.2 Å². The second-order valence-electron chi connectivity index (χ2n) is 8.45. The van der Waals surface area contributed by atoms with Gasteiger partial charge in [0, 0.05) is 34.8 Å². The zero-order valence-electron chi connectivity index (χ0n) is 17.7. The van der Waals surface area contributed by atoms with E-state index in [0.29, 0.717) is 46.8 Å². The van der Waals surface area contributed by atoms with Crippen LogP contribution in [0.25, 0.3) is 5.69 Å². The van der Waals surface area contributed by atoms with E-state index in [1.807, 2.05) is 19.9 Å². The number of fused-ring (bicyclic) bond motifs is 1. The van der Waals surface area contributed by atoms with Gasteiger partial charge in [0.05, 0.1) is 17.8 Å². The van der Waals surface area contributed by atoms with Gasteiger partial charge in [-0.25, -0.2) is 4.39 Å². The molecular weight excluding hydrogens is 454 g/mol. The fraction of sp³-hybridized carbons (Fsp3) is 0.391. The lowest BCUT2D eigenvalue weighted by Gasteiger charge is -2.30. The number of aromatic nitrogens is 3. The molecule has 32 heavy (non-hydrogen) atoms. The molecule has 0 bridgehead atoms. The Morgan fingerprint density at radius 3 is 2.53 bits per heavy atom. The van der Waals surface area contributed by atoms with Crippen LogP contribution in [0, 0.1) is 19.7 Å². The predicted molar refractivity (Wildman–Crippen MR) is 120 cm³/mol. The number of hydrogen-bond donors (Lipinski definition) is 1. The summed E-state index contributed by atoms with van der Waals surface area (Å²) in [6.07, 6.45) is 0.533. The number of rotatable bonds is 4. The first-order valence-electron chi connectivity index (χ1n) is 10.6. The third-order valence-corrected chi connectivity index (χ3v) is 6.90. The van der Waals surface area contributed by atoms with Crippen molar-refractivity contribution in [3.05, 3.63) is 69.0 Å². The minimum atomic E-state index is -0.475. The molecule has 1 aliphatic carbocycles. The molecular formula is C23H23Cl2FN4O2. The fourth-order valence-corrected chi connectivity index (χ4v) is 5.44. The predicted octanol–water partition coefficient (Wildman–Crippen LogP) is 4.44. The number of likely N-dealkylation sites (tertiary alicyclic amines) is 1. The monoisotopic (exact) mass is 476 g/mol. The van der Waals surface area contributed by atoms with Crippen LogP contribution in [0.15, 0.2) is 30.3 Å². The molecule has 1 saturated heterocycles. The second kappa shape index (κ2) is 8.30. The topological polar surface area (TPSA) is 63.4 Å². The molecule has 168 valence electrons. The largest absolute Gasteiger partial charge is 0.481 e. The van der Waals surface area contributed by atoms with Crippen molar-refractivity contribution in [2.75, 3.05) is 13.1 Å². The van der Waals surface area contributed by atoms with Crippen molar-refractivity contribution in [1.29, 1.82) is 0 Å². The van der Waals surface area contributed by atoms with Crippen molar-refractivity contribution in [2.45, 2.75) is 44.9 Å². The lowest BCUT2D eigenvalue weighted by atomic mass is 10.1. The number of benzene rings is 2. The number of halogens is 3. The van der Waals surface area contributed by atoms with E-state index in [1.54, 1.807) is 22.8 Å². The van der Waals surface area contributed by atoms with E-state index >= 15 is 4.39 Å². The lowest BCUT2D eigenvalue weighted by Crippen LogP contribution is -2.39. The van der Waals surface area contributed by atoms with E-state index in [-0.39, 0.29) is 17.9 Å². The normalized spacial score (nSPS) is 23.0. The zero-order chi connectivity index (χ0) is 22.6. The molecule has 9 heteroatoms. The van der Waals surface area contributed by atoms with Crippen LogP contribution in [0.4, 0.5) is 4.39 Å². The first kappa shape index (κ1) is 21.6. The molecule has 0 amide bonds. The maximum atomic E-state index is 15.2. The summed E-state index contributed by atoms with van der Waals surface area (Å²) < 4.78 is 23.2. The van der Waals surface area contributed by atoms with Gasteiger partial charge >= 0.3 is 0 Å². The average molecular weight is 477 g/mol. The van der Waals surface area contributed by atoms with E-state index in [9.17, 15) is 5.11 Å². The van der Waals surface area contributed by atoms with Gasteiger partial charge in [0.1, 0.15) is 17.8 Å². The summed E-state index contributed by atoms with van der Waals surface area (Å²) in [7, 11) is 0. The van der Waals surface area contributed by atoms with Gasteiger partial charge < -0.3 is 9.84 Å². The van der Waals surface area contributed by atoms with Crippen molar-refractivity contribution < 1.29 is 14.2 Å². The quantitative estimate of drug-likeness (QED) is 0.602. The van der Waals surface area contributed by atoms with E-state index < -0.39 is 11.9 Å². The Hall–Kier alpha value is -2.19. The summed E-state index contributed by atoms with van der Waals surface area (Å²) in [6, 6.07) is 8.34. The van der Waals surface area contributed by atoms with Gasteiger partial charge in [0.25, 0.3) is 0 Å². The van der Waals surface area contributed by atoms with Crippen molar-refractivity contribution in [3.8, 4) is 11.4 Å². The zero-order valence-corrected chi connectivity index (χ0v) is 19.2. The Morgan fingerprint density at radius 2 is 1.88 bits per heavy atom. The number of nitrogens with zero attached hydrogens (tertiary/aromatic N) is 4. The number of aliphatic hydroxyl groups is 1. The van der Waals surface area contributed by atoms with Crippen LogP contribution in [0.3, 0.4) is 0 Å². The molecule has 0 saturated carbocycles. The summed E-state index contributed by atoms with van der Waals surface area (Å²) in [4.78, 5) is 2.19. The first-order chi connectivity index (χ1) is 15.3. The summed E-state index contributed by atoms with van der Waals surface area (Å²) in [5, 5.41) is 19.2. The fourth-order valence-electron chi connectivity index (χ4n) is 4.85. The van der Waals surface area contributed by atoms with Gasteiger partial charge in [-0.05, 0) is 56.5 Å². The summed E-state index contributed by atoms with van der Waals surface area (Å²) in [5.74, 6) is 1.03. The van der Waals surface area contributed by atoms with E-state index in [2.05, 4.69) is 15.1 Å². The Balaban J connectivity index is 1.50. The minimum absolute atomic E-state index is 0.0699. The number of β-amino-alcohol motifs (C(OH)–C–C–N with tert-alkyl or cyclic N) is 1. The van der Waals surface area contributed by atoms with E-state index in [1.165, 1.54) is 6.07 Å². The molecule has 1 N–H and O–H groups in total. The highest BCUT2D eigenvalue weighted by atomic mass is 35.5. The maximum Gasteiger partial charge on any atom is 0.167 e. The van der Waals surface area contributed by atoms with Gasteiger partial charge in [-0.1, -0.05) is 23.2 Å². The van der Waals surface area contributed by atoms with Crippen LogP contribution < -0.4 is 4.74 Å². The van der Waals surface area contributed by atoms with Crippen molar-refractivity contribution in [1.82, 2.24) is 19.7 Å². The third kappa shape index (κ3) is 3.77. The molecule has 0 unspecified atom stereocenters. The van der Waals surface area contributed by atoms with Crippen LogP contribution in [-0.2, 0) is 6.42 Å². The van der Waals surface area contributed by atoms with Crippen LogP contribution in [-0.4, -0.2) is 50.0 Å². The van der Waals surface area contributed by atoms with Gasteiger partial charge in [-0.3, -0.25) is 9.47 Å². The summed E-state index contributed by atoms with van der Waals surface area (Å²) >= 11 is 12.8. The lowest BCUT2D eigenvalue weighted by molar-refractivity contribution is 0.0790. The van der Waals surface area contributed by atoms with Crippen molar-refractivity contribution >= 4 is 23.2 Å². The van der Waals surface area contributed by atoms with Gasteiger partial charge in [-0.2, -0.15) is 0 Å². The Bertz CT molecular complexity index is 1170. The molecule has 0 spiro atoms. The molecule has 1 fully saturated rings. The SMILES string of the molecule is Cc1nnc(C)n1-c1ccc(O[C@@H]2c3cc(Cl)cc(Cl)c3C[C@@H]2N2CC[C@@H](O)C2)c(F)c1. The molecule has 2 aliphatic rings. The summed E-state index contributed by atoms with van der Waals surface area (Å²) in [5.41, 5.74) is 2.45. The Labute approximate surface area is 195 Å². The van der Waals surface area contributed by atoms with Gasteiger partial charge in [-0.15, -0.1) is 10.2 Å². The van der Waals surface area contributed by atoms with Crippen molar-refractivity contribution in [3.63, 3.8) is 0 Å². The number of ether oxygens (including phenoxy) is 1. The molecule has 3 aromatic rings. The van der Waals surface area contributed by atoms with Crippen LogP contribution in [0.1, 0.15) is 35.3 Å². The van der Waals surface area contributed by atoms with Gasteiger partial charge in [0.15, 0.2) is 11.6 Å². The highest BCUT2D eigenvalue weighted by molar-refractivity contribution is 6.35. The third-order valence-electron chi connectivity index (χ3n) is 6.34. The van der Waals surface area contributed by atoms with Gasteiger partial charge in [0.2, 0.25) is 0 Å². The Kier molecular flexibility index (Phi) is 5.61. The van der Waals surface area contributed by atoms with E-state index in [0.717, 1.165) is 17.7 Å². The molecule has 2 heterocycles. The maximum absolute atomic E-state index is 15.2. The molecule has 6 nitrogen and oxygen atoms in total. The smallest absolute Gasteiger partial charge is 0.167 e. The standard InChI is InChI=1S/C23H23Cl2FN4O2/c1-12-27-28-13(2)30(12)15-3-4-22(20(26)9-15)32-23-18-7-14(24)8-19(25)17(18)10-21(23)29-6-5-16(31)11-29/h3-4,7-9,16,21,23,31H,5-6,10-11H2,1-2H3/t16-,21+,23-/m1/s1. The molecule has 3 atom stereocenters. The van der Waals surface area contributed by atoms with Crippen LogP contribution in [0.5, 0.6) is 5.75 Å². The number of aryl methyl sites for hydroxylation is 2. The molecule has 0 radical (unpaired) electrons. The highest BCUT2D eigenvalue weighted by Gasteiger charge is 2.42. The number of hydrogen-bond acceptors (Lipinski definition) is 5. The Morgan fingerprint density at radius 1 is 1.12 bits per heavy atom. The van der Waals surface area contributed by atoms with Crippen molar-refractivity contribution in [2.24, 2.45) is 0 Å². The molecule has 1 aliphatic heterocycles. The van der Waals surface area contributed by atoms with E-state index in [4.69, 9.17) is 27.9 Å². The summed E-state index contributed by atoms with van der Waals surface area (Å²) in [6.45, 7) is 4.94. The minimum Gasteiger partial charge on any atom is -0.481 e. The average Bonchev–Trinajstić information content (AvgIpc) is 3.41. The first-order valence-corrected chi connectivity index (χ1v) is 11.3. The molecule has 1 aromatic heterocycles. The number of aliphatic hydroxyl groups excluding tert-OH is 1. The van der Waals surface area contributed by atoms with Crippen LogP contribution in [0.2, 0.25) is 10.0 Å². The molecule has 2 aromatic carbocycles. The second-order valence-corrected chi connectivity index (χ2v) is 9.29. The highest BCUT2D eigenvalue weighted by Crippen LogP contribution is 2.43. The molecule has 5 rings (SSSR count).